The van der Waals surface area contributed by atoms with Crippen LogP contribution in [0.25, 0.3) is 0 Å². The van der Waals surface area contributed by atoms with Crippen molar-refractivity contribution in [3.05, 3.63) is 59.7 Å². The van der Waals surface area contributed by atoms with Crippen LogP contribution in [0.3, 0.4) is 0 Å². The Labute approximate surface area is 140 Å². The minimum absolute atomic E-state index is 0.116. The Morgan fingerprint density at radius 2 is 1.83 bits per heavy atom. The number of hydrogen-bond donors (Lipinski definition) is 2. The molecule has 0 radical (unpaired) electrons. The largest absolute Gasteiger partial charge is 0.386 e. The number of carbonyl (C=O) groups excluding carboxylic acids is 2. The van der Waals surface area contributed by atoms with Gasteiger partial charge >= 0.3 is 0 Å². The van der Waals surface area contributed by atoms with E-state index in [2.05, 4.69) is 15.8 Å². The fraction of sp³-hybridized carbons (Fsp3) is 0.167. The Hall–Kier alpha value is -3.15. The standard InChI is InChI=1S/C18H18N4O2/c1-19-15-4-2-3-5-17(15)22(12-23)11-14-8-6-13(7-9-14)10-16-18(24)21-20-16/h2-9,12,19H,10-11H2,1H3,(H,21,24). The number of hydrogen-bond acceptors (Lipinski definition) is 4. The molecule has 0 bridgehead atoms. The molecule has 0 spiro atoms. The second-order valence-corrected chi connectivity index (χ2v) is 5.49. The summed E-state index contributed by atoms with van der Waals surface area (Å²) >= 11 is 0. The number of nitrogens with one attached hydrogen (secondary N) is 2. The highest BCUT2D eigenvalue weighted by molar-refractivity contribution is 6.43. The van der Waals surface area contributed by atoms with E-state index in [0.717, 1.165) is 28.9 Å². The zero-order chi connectivity index (χ0) is 16.9. The molecule has 0 unspecified atom stereocenters. The number of rotatable bonds is 7. The van der Waals surface area contributed by atoms with Gasteiger partial charge in [0.1, 0.15) is 5.71 Å². The molecule has 0 saturated carbocycles. The van der Waals surface area contributed by atoms with Crippen LogP contribution in [0.4, 0.5) is 11.4 Å². The summed E-state index contributed by atoms with van der Waals surface area (Å²) < 4.78 is 0. The van der Waals surface area contributed by atoms with E-state index in [0.29, 0.717) is 18.7 Å². The SMILES string of the molecule is CNc1ccccc1N(C=O)Cc1ccc(CC2=NNC2=O)cc1. The average Bonchev–Trinajstić information content (AvgIpc) is 2.64. The van der Waals surface area contributed by atoms with Gasteiger partial charge in [0.15, 0.2) is 0 Å². The lowest BCUT2D eigenvalue weighted by atomic mass is 10.0. The molecule has 2 aromatic carbocycles. The second-order valence-electron chi connectivity index (χ2n) is 5.49. The highest BCUT2D eigenvalue weighted by Crippen LogP contribution is 2.25. The van der Waals surface area contributed by atoms with E-state index >= 15 is 0 Å². The Morgan fingerprint density at radius 1 is 1.12 bits per heavy atom. The number of nitrogens with zero attached hydrogens (tertiary/aromatic N) is 2. The number of anilines is 2. The number of benzene rings is 2. The maximum absolute atomic E-state index is 11.5. The normalized spacial score (nSPS) is 12.7. The molecule has 1 aliphatic heterocycles. The molecule has 2 aromatic rings. The highest BCUT2D eigenvalue weighted by atomic mass is 16.2. The van der Waals surface area contributed by atoms with Gasteiger partial charge in [0, 0.05) is 13.5 Å². The summed E-state index contributed by atoms with van der Waals surface area (Å²) in [4.78, 5) is 24.4. The lowest BCUT2D eigenvalue weighted by molar-refractivity contribution is -0.116. The molecule has 6 nitrogen and oxygen atoms in total. The smallest absolute Gasteiger partial charge is 0.287 e. The van der Waals surface area contributed by atoms with Crippen LogP contribution in [0.5, 0.6) is 0 Å². The molecule has 0 saturated heterocycles. The third-order valence-corrected chi connectivity index (χ3v) is 3.91. The van der Waals surface area contributed by atoms with E-state index in [-0.39, 0.29) is 5.91 Å². The third kappa shape index (κ3) is 3.27. The van der Waals surface area contributed by atoms with E-state index in [1.165, 1.54) is 0 Å². The van der Waals surface area contributed by atoms with Crippen molar-refractivity contribution in [2.75, 3.05) is 17.3 Å². The highest BCUT2D eigenvalue weighted by Gasteiger charge is 2.19. The van der Waals surface area contributed by atoms with Crippen LogP contribution in [0.15, 0.2) is 53.6 Å². The molecule has 2 amide bonds. The van der Waals surface area contributed by atoms with Gasteiger partial charge in [-0.1, -0.05) is 36.4 Å². The average molecular weight is 322 g/mol. The zero-order valence-corrected chi connectivity index (χ0v) is 13.3. The van der Waals surface area contributed by atoms with Crippen LogP contribution in [0, 0.1) is 0 Å². The van der Waals surface area contributed by atoms with E-state index < -0.39 is 0 Å². The van der Waals surface area contributed by atoms with E-state index in [1.807, 2.05) is 55.6 Å². The van der Waals surface area contributed by atoms with Gasteiger partial charge in [-0.25, -0.2) is 5.43 Å². The van der Waals surface area contributed by atoms with E-state index in [4.69, 9.17) is 0 Å². The summed E-state index contributed by atoms with van der Waals surface area (Å²) in [5.41, 5.74) is 6.65. The quantitative estimate of drug-likeness (QED) is 0.765. The number of amides is 2. The van der Waals surface area contributed by atoms with Crippen molar-refractivity contribution < 1.29 is 9.59 Å². The van der Waals surface area contributed by atoms with Crippen LogP contribution < -0.4 is 15.6 Å². The summed E-state index contributed by atoms with van der Waals surface area (Å²) in [6.45, 7) is 0.476. The van der Waals surface area contributed by atoms with Crippen molar-refractivity contribution in [3.63, 3.8) is 0 Å². The Kier molecular flexibility index (Phi) is 4.56. The first kappa shape index (κ1) is 15.7. The molecule has 24 heavy (non-hydrogen) atoms. The summed E-state index contributed by atoms with van der Waals surface area (Å²) in [6, 6.07) is 15.5. The monoisotopic (exact) mass is 322 g/mol. The molecule has 0 aromatic heterocycles. The predicted molar refractivity (Wildman–Crippen MR) is 94.0 cm³/mol. The maximum Gasteiger partial charge on any atom is 0.287 e. The van der Waals surface area contributed by atoms with Crippen molar-refractivity contribution in [2.24, 2.45) is 5.10 Å². The molecule has 1 heterocycles. The van der Waals surface area contributed by atoms with Gasteiger partial charge in [-0.15, -0.1) is 0 Å². The van der Waals surface area contributed by atoms with Gasteiger partial charge in [-0.3, -0.25) is 9.59 Å². The maximum atomic E-state index is 11.5. The topological polar surface area (TPSA) is 73.8 Å². The first-order valence-electron chi connectivity index (χ1n) is 7.64. The summed E-state index contributed by atoms with van der Waals surface area (Å²) in [5.74, 6) is -0.116. The van der Waals surface area contributed by atoms with Crippen LogP contribution >= 0.6 is 0 Å². The van der Waals surface area contributed by atoms with Crippen molar-refractivity contribution in [1.82, 2.24) is 5.43 Å². The lowest BCUT2D eigenvalue weighted by Crippen LogP contribution is -2.39. The molecular formula is C18H18N4O2. The van der Waals surface area contributed by atoms with Gasteiger partial charge < -0.3 is 10.2 Å². The molecule has 3 rings (SSSR count). The Bertz CT molecular complexity index is 784. The van der Waals surface area contributed by atoms with Crippen LogP contribution in [0.2, 0.25) is 0 Å². The summed E-state index contributed by atoms with van der Waals surface area (Å²) in [6.07, 6.45) is 1.35. The van der Waals surface area contributed by atoms with Gasteiger partial charge in [-0.2, -0.15) is 5.10 Å². The van der Waals surface area contributed by atoms with Gasteiger partial charge in [0.2, 0.25) is 6.41 Å². The van der Waals surface area contributed by atoms with Crippen molar-refractivity contribution in [2.45, 2.75) is 13.0 Å². The number of hydrazone groups is 1. The van der Waals surface area contributed by atoms with Crippen molar-refractivity contribution >= 4 is 29.4 Å². The van der Waals surface area contributed by atoms with Crippen LogP contribution in [0.1, 0.15) is 11.1 Å². The minimum atomic E-state index is -0.116. The lowest BCUT2D eigenvalue weighted by Gasteiger charge is -2.21. The van der Waals surface area contributed by atoms with Crippen LogP contribution in [-0.2, 0) is 22.6 Å². The summed E-state index contributed by atoms with van der Waals surface area (Å²) in [5, 5.41) is 6.94. The number of para-hydroxylation sites is 2. The molecule has 1 aliphatic rings. The molecule has 6 heteroatoms. The minimum Gasteiger partial charge on any atom is -0.386 e. The molecule has 0 aliphatic carbocycles. The Morgan fingerprint density at radius 3 is 2.42 bits per heavy atom. The first-order chi connectivity index (χ1) is 11.7. The van der Waals surface area contributed by atoms with Gasteiger partial charge in [0.05, 0.1) is 17.9 Å². The Balaban J connectivity index is 1.72. The molecule has 0 atom stereocenters. The predicted octanol–water partition coefficient (Wildman–Crippen LogP) is 1.92. The summed E-state index contributed by atoms with van der Waals surface area (Å²) in [7, 11) is 1.83. The molecule has 122 valence electrons. The van der Waals surface area contributed by atoms with E-state index in [1.54, 1.807) is 4.90 Å². The molecule has 2 N–H and O–H groups in total. The number of carbonyl (C=O) groups is 2. The second kappa shape index (κ2) is 6.95. The fourth-order valence-electron chi connectivity index (χ4n) is 2.57. The van der Waals surface area contributed by atoms with Gasteiger partial charge in [0.25, 0.3) is 5.91 Å². The van der Waals surface area contributed by atoms with Crippen molar-refractivity contribution in [1.29, 1.82) is 0 Å². The zero-order valence-electron chi connectivity index (χ0n) is 13.3. The van der Waals surface area contributed by atoms with E-state index in [9.17, 15) is 9.59 Å². The van der Waals surface area contributed by atoms with Gasteiger partial charge in [-0.05, 0) is 23.3 Å². The molecule has 0 fully saturated rings. The van der Waals surface area contributed by atoms with Crippen LogP contribution in [-0.4, -0.2) is 25.1 Å². The molecular weight excluding hydrogens is 304 g/mol. The fourth-order valence-corrected chi connectivity index (χ4v) is 2.57. The third-order valence-electron chi connectivity index (χ3n) is 3.91. The first-order valence-corrected chi connectivity index (χ1v) is 7.64. The van der Waals surface area contributed by atoms with Crippen molar-refractivity contribution in [3.8, 4) is 0 Å².